The van der Waals surface area contributed by atoms with E-state index in [9.17, 15) is 4.79 Å². The van der Waals surface area contributed by atoms with Crippen LogP contribution in [0.2, 0.25) is 39.3 Å². The van der Waals surface area contributed by atoms with Crippen LogP contribution < -0.4 is 15.1 Å². The number of carbonyl (C=O) groups is 1. The first-order valence-electron chi connectivity index (χ1n) is 7.62. The average molecular weight is 337 g/mol. The number of rotatable bonds is 7. The SMILES string of the molecule is C=CC(=O)OCCOc1cc([Si](C)(C)C)cc([Si](C)(C)C)c1. The van der Waals surface area contributed by atoms with Gasteiger partial charge < -0.3 is 9.47 Å². The molecular weight excluding hydrogens is 308 g/mol. The van der Waals surface area contributed by atoms with E-state index in [4.69, 9.17) is 9.47 Å². The minimum atomic E-state index is -1.40. The Balaban J connectivity index is 2.89. The van der Waals surface area contributed by atoms with E-state index in [1.54, 1.807) is 0 Å². The fourth-order valence-electron chi connectivity index (χ4n) is 1.91. The molecule has 5 heteroatoms. The van der Waals surface area contributed by atoms with E-state index >= 15 is 0 Å². The van der Waals surface area contributed by atoms with Gasteiger partial charge >= 0.3 is 5.97 Å². The number of esters is 1. The van der Waals surface area contributed by atoms with Crippen molar-refractivity contribution in [2.24, 2.45) is 0 Å². The zero-order valence-electron chi connectivity index (χ0n) is 14.7. The molecule has 1 aromatic carbocycles. The molecule has 0 unspecified atom stereocenters. The van der Waals surface area contributed by atoms with Gasteiger partial charge in [-0.15, -0.1) is 0 Å². The van der Waals surface area contributed by atoms with Crippen LogP contribution >= 0.6 is 0 Å². The molecule has 122 valence electrons. The molecule has 0 saturated carbocycles. The maximum absolute atomic E-state index is 11.0. The molecule has 0 spiro atoms. The summed E-state index contributed by atoms with van der Waals surface area (Å²) >= 11 is 0. The molecule has 0 fully saturated rings. The van der Waals surface area contributed by atoms with Gasteiger partial charge in [-0.3, -0.25) is 0 Å². The fourth-order valence-corrected chi connectivity index (χ4v) is 4.38. The van der Waals surface area contributed by atoms with Gasteiger partial charge in [0, 0.05) is 6.08 Å². The van der Waals surface area contributed by atoms with Crippen LogP contribution in [0, 0.1) is 0 Å². The summed E-state index contributed by atoms with van der Waals surface area (Å²) in [4.78, 5) is 11.0. The smallest absolute Gasteiger partial charge is 0.330 e. The van der Waals surface area contributed by atoms with Crippen molar-refractivity contribution in [1.82, 2.24) is 0 Å². The third-order valence-corrected chi connectivity index (χ3v) is 7.44. The van der Waals surface area contributed by atoms with Gasteiger partial charge in [-0.2, -0.15) is 0 Å². The Hall–Kier alpha value is -1.34. The predicted molar refractivity (Wildman–Crippen MR) is 99.1 cm³/mol. The first-order valence-corrected chi connectivity index (χ1v) is 14.6. The quantitative estimate of drug-likeness (QED) is 0.332. The van der Waals surface area contributed by atoms with E-state index in [0.29, 0.717) is 6.61 Å². The molecule has 0 aromatic heterocycles. The summed E-state index contributed by atoms with van der Waals surface area (Å²) in [6.07, 6.45) is 1.16. The van der Waals surface area contributed by atoms with Crippen molar-refractivity contribution in [1.29, 1.82) is 0 Å². The molecule has 1 rings (SSSR count). The van der Waals surface area contributed by atoms with Gasteiger partial charge in [-0.1, -0.05) is 62.3 Å². The zero-order valence-corrected chi connectivity index (χ0v) is 16.7. The highest BCUT2D eigenvalue weighted by Gasteiger charge is 2.23. The molecular formula is C17H28O3Si2. The van der Waals surface area contributed by atoms with Gasteiger partial charge in [0.25, 0.3) is 0 Å². The van der Waals surface area contributed by atoms with Crippen molar-refractivity contribution in [3.05, 3.63) is 30.9 Å². The predicted octanol–water partition coefficient (Wildman–Crippen LogP) is 2.89. The number of carbonyl (C=O) groups excluding carboxylic acids is 1. The molecule has 0 saturated heterocycles. The lowest BCUT2D eigenvalue weighted by molar-refractivity contribution is -0.138. The first kappa shape index (κ1) is 18.7. The second-order valence-corrected chi connectivity index (χ2v) is 17.6. The maximum Gasteiger partial charge on any atom is 0.330 e. The van der Waals surface area contributed by atoms with Gasteiger partial charge in [0.2, 0.25) is 0 Å². The van der Waals surface area contributed by atoms with E-state index < -0.39 is 22.1 Å². The van der Waals surface area contributed by atoms with Crippen LogP contribution in [0.1, 0.15) is 0 Å². The van der Waals surface area contributed by atoms with E-state index in [-0.39, 0.29) is 6.61 Å². The Bertz CT molecular complexity index is 508. The first-order chi connectivity index (χ1) is 10.0. The second kappa shape index (κ2) is 7.28. The highest BCUT2D eigenvalue weighted by molar-refractivity contribution is 6.91. The van der Waals surface area contributed by atoms with Gasteiger partial charge in [0.15, 0.2) is 0 Å². The molecule has 0 N–H and O–H groups in total. The molecule has 0 atom stereocenters. The van der Waals surface area contributed by atoms with Crippen LogP contribution in [0.15, 0.2) is 30.9 Å². The average Bonchev–Trinajstić information content (AvgIpc) is 2.41. The van der Waals surface area contributed by atoms with E-state index in [1.165, 1.54) is 10.4 Å². The monoisotopic (exact) mass is 336 g/mol. The highest BCUT2D eigenvalue weighted by atomic mass is 28.3. The van der Waals surface area contributed by atoms with Gasteiger partial charge in [0.05, 0.1) is 16.1 Å². The van der Waals surface area contributed by atoms with Gasteiger partial charge in [-0.25, -0.2) is 4.79 Å². The Kier molecular flexibility index (Phi) is 6.20. The van der Waals surface area contributed by atoms with Crippen LogP contribution in [-0.2, 0) is 9.53 Å². The van der Waals surface area contributed by atoms with Crippen LogP contribution in [0.25, 0.3) is 0 Å². The van der Waals surface area contributed by atoms with Crippen molar-refractivity contribution in [3.63, 3.8) is 0 Å². The molecule has 0 radical (unpaired) electrons. The van der Waals surface area contributed by atoms with Gasteiger partial charge in [-0.05, 0) is 12.1 Å². The maximum atomic E-state index is 11.0. The lowest BCUT2D eigenvalue weighted by Gasteiger charge is -2.24. The summed E-state index contributed by atoms with van der Waals surface area (Å²) in [5.74, 6) is 0.467. The molecule has 0 heterocycles. The molecule has 0 aliphatic heterocycles. The molecule has 0 aliphatic carbocycles. The Morgan fingerprint density at radius 3 is 1.91 bits per heavy atom. The number of ether oxygens (including phenoxy) is 2. The molecule has 0 bridgehead atoms. The second-order valence-electron chi connectivity index (χ2n) is 7.47. The van der Waals surface area contributed by atoms with Crippen molar-refractivity contribution in [2.45, 2.75) is 39.3 Å². The number of hydrogen-bond donors (Lipinski definition) is 0. The topological polar surface area (TPSA) is 35.5 Å². The summed E-state index contributed by atoms with van der Waals surface area (Å²) in [6, 6.07) is 6.65. The van der Waals surface area contributed by atoms with Crippen LogP contribution in [-0.4, -0.2) is 35.3 Å². The summed E-state index contributed by atoms with van der Waals surface area (Å²) < 4.78 is 10.7. The van der Waals surface area contributed by atoms with E-state index in [0.717, 1.165) is 11.8 Å². The number of benzene rings is 1. The summed E-state index contributed by atoms with van der Waals surface area (Å²) in [7, 11) is -2.80. The van der Waals surface area contributed by atoms with Gasteiger partial charge in [0.1, 0.15) is 19.0 Å². The third kappa shape index (κ3) is 5.81. The minimum Gasteiger partial charge on any atom is -0.490 e. The van der Waals surface area contributed by atoms with Crippen molar-refractivity contribution >= 4 is 32.5 Å². The Labute approximate surface area is 136 Å². The third-order valence-electron chi connectivity index (χ3n) is 3.40. The van der Waals surface area contributed by atoms with E-state index in [1.807, 2.05) is 0 Å². The fraction of sp³-hybridized carbons (Fsp3) is 0.471. The van der Waals surface area contributed by atoms with Crippen molar-refractivity contribution < 1.29 is 14.3 Å². The summed E-state index contributed by atoms with van der Waals surface area (Å²) in [5.41, 5.74) is 0. The molecule has 3 nitrogen and oxygen atoms in total. The lowest BCUT2D eigenvalue weighted by atomic mass is 10.3. The van der Waals surface area contributed by atoms with Crippen LogP contribution in [0.5, 0.6) is 5.75 Å². The summed E-state index contributed by atoms with van der Waals surface area (Å²) in [6.45, 7) is 18.0. The molecule has 0 aliphatic rings. The molecule has 0 amide bonds. The van der Waals surface area contributed by atoms with Crippen LogP contribution in [0.4, 0.5) is 0 Å². The summed E-state index contributed by atoms with van der Waals surface area (Å²) in [5, 5.41) is 2.82. The molecule has 22 heavy (non-hydrogen) atoms. The van der Waals surface area contributed by atoms with E-state index in [2.05, 4.69) is 64.1 Å². The lowest BCUT2D eigenvalue weighted by Crippen LogP contribution is -2.45. The zero-order chi connectivity index (χ0) is 17.0. The molecule has 1 aromatic rings. The number of hydrogen-bond acceptors (Lipinski definition) is 3. The largest absolute Gasteiger partial charge is 0.490 e. The highest BCUT2D eigenvalue weighted by Crippen LogP contribution is 2.14. The van der Waals surface area contributed by atoms with Crippen LogP contribution in [0.3, 0.4) is 0 Å². The van der Waals surface area contributed by atoms with Crippen molar-refractivity contribution in [3.8, 4) is 5.75 Å². The van der Waals surface area contributed by atoms with Crippen molar-refractivity contribution in [2.75, 3.05) is 13.2 Å². The Morgan fingerprint density at radius 1 is 1.00 bits per heavy atom. The standard InChI is InChI=1S/C17H28O3Si2/c1-8-17(18)20-10-9-19-14-11-15(21(2,3)4)13-16(12-14)22(5,6)7/h8,11-13H,1,9-10H2,2-7H3. The minimum absolute atomic E-state index is 0.240. The Morgan fingerprint density at radius 2 is 1.50 bits per heavy atom. The normalized spacial score (nSPS) is 11.9.